The van der Waals surface area contributed by atoms with E-state index in [9.17, 15) is 0 Å². The van der Waals surface area contributed by atoms with E-state index < -0.39 is 37.7 Å². The van der Waals surface area contributed by atoms with Gasteiger partial charge in [-0.2, -0.15) is 0 Å². The maximum atomic E-state index is 2.38. The van der Waals surface area contributed by atoms with Crippen molar-refractivity contribution in [2.24, 2.45) is 0 Å². The first-order chi connectivity index (χ1) is 5.08. The summed E-state index contributed by atoms with van der Waals surface area (Å²) in [5.74, 6) is 0. The van der Waals surface area contributed by atoms with Crippen LogP contribution in [0.2, 0.25) is 29.0 Å². The molecule has 2 heteroatoms. The molecule has 0 spiro atoms. The summed E-state index contributed by atoms with van der Waals surface area (Å²) in [5.41, 5.74) is 0. The summed E-state index contributed by atoms with van der Waals surface area (Å²) in [5, 5.41) is 0. The van der Waals surface area contributed by atoms with Gasteiger partial charge in [0.2, 0.25) is 0 Å². The number of hydrogen-bond donors (Lipinski definition) is 0. The topological polar surface area (TPSA) is 0 Å². The molecule has 11 heavy (non-hydrogen) atoms. The van der Waals surface area contributed by atoms with E-state index in [4.69, 9.17) is 0 Å². The summed E-state index contributed by atoms with van der Waals surface area (Å²) in [6, 6.07) is 0. The number of rotatable bonds is 3. The SMILES string of the molecule is C[CH2][Ga]([CH2]C)[CH2]C.[CH3][In]([CH3])[CH3]. The average Bonchev–Trinajstić information content (AvgIpc) is 1.90. The summed E-state index contributed by atoms with van der Waals surface area (Å²) in [6.07, 6.45) is 0. The zero-order valence-corrected chi connectivity index (χ0v) is 15.0. The normalized spacial score (nSPS) is 8.18. The third kappa shape index (κ3) is 18.5. The molecule has 0 atom stereocenters. The monoisotopic (exact) mass is 316 g/mol. The Kier molecular flexibility index (Phi) is 15.7. The van der Waals surface area contributed by atoms with E-state index in [1.807, 2.05) is 0 Å². The molecule has 0 rings (SSSR count). The van der Waals surface area contributed by atoms with Gasteiger partial charge in [0, 0.05) is 0 Å². The van der Waals surface area contributed by atoms with Gasteiger partial charge < -0.3 is 0 Å². The molecule has 0 aliphatic rings. The van der Waals surface area contributed by atoms with Crippen LogP contribution in [-0.2, 0) is 0 Å². The fraction of sp³-hybridized carbons (Fsp3) is 1.00. The number of hydrogen-bond acceptors (Lipinski definition) is 0. The van der Waals surface area contributed by atoms with Crippen LogP contribution < -0.4 is 0 Å². The fourth-order valence-corrected chi connectivity index (χ4v) is 4.50. The Morgan fingerprint density at radius 2 is 1.00 bits per heavy atom. The first kappa shape index (κ1) is 15.0. The van der Waals surface area contributed by atoms with Gasteiger partial charge in [0.15, 0.2) is 0 Å². The third-order valence-electron chi connectivity index (χ3n) is 1.73. The summed E-state index contributed by atoms with van der Waals surface area (Å²) in [7, 11) is 0. The molecule has 0 N–H and O–H groups in total. The standard InChI is InChI=1S/3C2H5.3CH3.Ga.In/c3*1-2;;;;;/h3*1H2,2H3;3*1H3;;. The maximum absolute atomic E-state index is 2.38. The van der Waals surface area contributed by atoms with Crippen LogP contribution in [0.25, 0.3) is 0 Å². The van der Waals surface area contributed by atoms with Gasteiger partial charge in [-0.1, -0.05) is 0 Å². The quantitative estimate of drug-likeness (QED) is 0.693. The molecule has 66 valence electrons. The Labute approximate surface area is 86.7 Å². The minimum absolute atomic E-state index is 0.576. The van der Waals surface area contributed by atoms with Crippen molar-refractivity contribution < 1.29 is 0 Å². The van der Waals surface area contributed by atoms with Crippen LogP contribution in [0.4, 0.5) is 0 Å². The van der Waals surface area contributed by atoms with Crippen molar-refractivity contribution in [2.45, 2.75) is 49.7 Å². The van der Waals surface area contributed by atoms with Crippen LogP contribution in [0.3, 0.4) is 0 Å². The van der Waals surface area contributed by atoms with Gasteiger partial charge in [-0.05, 0) is 0 Å². The van der Waals surface area contributed by atoms with E-state index >= 15 is 0 Å². The van der Waals surface area contributed by atoms with Crippen molar-refractivity contribution in [1.82, 2.24) is 0 Å². The zero-order valence-electron chi connectivity index (χ0n) is 9.28. The molecule has 0 saturated carbocycles. The summed E-state index contributed by atoms with van der Waals surface area (Å²) < 4.78 is 7.13. The zero-order chi connectivity index (χ0) is 9.28. The summed E-state index contributed by atoms with van der Waals surface area (Å²) in [4.78, 5) is 4.62. The van der Waals surface area contributed by atoms with Gasteiger partial charge in [0.25, 0.3) is 0 Å². The Balaban J connectivity index is 0. The third-order valence-corrected chi connectivity index (χ3v) is 9.00. The van der Waals surface area contributed by atoms with Gasteiger partial charge in [0.05, 0.1) is 0 Å². The van der Waals surface area contributed by atoms with Crippen molar-refractivity contribution in [1.29, 1.82) is 0 Å². The molecule has 0 bridgehead atoms. The molecule has 0 aromatic heterocycles. The molecule has 0 heterocycles. The van der Waals surface area contributed by atoms with Gasteiger partial charge in [-0.15, -0.1) is 0 Å². The van der Waals surface area contributed by atoms with Crippen LogP contribution in [-0.4, -0.2) is 37.7 Å². The fourth-order valence-electron chi connectivity index (χ4n) is 0.866. The Hall–Kier alpha value is 1.51. The molecular formula is C9H24GaIn. The van der Waals surface area contributed by atoms with Crippen molar-refractivity contribution in [2.75, 3.05) is 0 Å². The molecule has 0 unspecified atom stereocenters. The van der Waals surface area contributed by atoms with E-state index in [0.29, 0.717) is 0 Å². The van der Waals surface area contributed by atoms with Crippen LogP contribution in [0.1, 0.15) is 20.8 Å². The second-order valence-electron chi connectivity index (χ2n) is 3.82. The molecular weight excluding hydrogens is 293 g/mol. The van der Waals surface area contributed by atoms with Gasteiger partial charge >= 0.3 is 87.4 Å². The molecule has 0 amide bonds. The molecule has 0 fully saturated rings. The molecule has 0 saturated heterocycles. The van der Waals surface area contributed by atoms with Crippen molar-refractivity contribution >= 4 is 37.7 Å². The molecule has 0 aliphatic carbocycles. The predicted molar refractivity (Wildman–Crippen MR) is 60.5 cm³/mol. The van der Waals surface area contributed by atoms with Crippen LogP contribution in [0, 0.1) is 0 Å². The minimum atomic E-state index is -0.637. The average molecular weight is 317 g/mol. The van der Waals surface area contributed by atoms with E-state index in [-0.39, 0.29) is 0 Å². The van der Waals surface area contributed by atoms with E-state index in [1.165, 1.54) is 0 Å². The van der Waals surface area contributed by atoms with E-state index in [1.54, 1.807) is 14.9 Å². The Bertz CT molecular complexity index is 52.3. The van der Waals surface area contributed by atoms with Crippen LogP contribution in [0.15, 0.2) is 0 Å². The molecule has 0 nitrogen and oxygen atoms in total. The molecule has 0 aromatic carbocycles. The molecule has 0 aliphatic heterocycles. The van der Waals surface area contributed by atoms with Crippen molar-refractivity contribution in [3.05, 3.63) is 0 Å². The van der Waals surface area contributed by atoms with E-state index in [0.717, 1.165) is 0 Å². The van der Waals surface area contributed by atoms with Gasteiger partial charge in [-0.3, -0.25) is 0 Å². The Morgan fingerprint density at radius 3 is 1.00 bits per heavy atom. The second-order valence-corrected chi connectivity index (χ2v) is 22.5. The van der Waals surface area contributed by atoms with Crippen molar-refractivity contribution in [3.63, 3.8) is 0 Å². The first-order valence-corrected chi connectivity index (χ1v) is 20.1. The molecule has 0 aromatic rings. The molecule has 0 radical (unpaired) electrons. The van der Waals surface area contributed by atoms with Gasteiger partial charge in [0.1, 0.15) is 0 Å². The summed E-state index contributed by atoms with van der Waals surface area (Å²) in [6.45, 7) is 7.03. The first-order valence-electron chi connectivity index (χ1n) is 5.08. The van der Waals surface area contributed by atoms with E-state index in [2.05, 4.69) is 34.8 Å². The van der Waals surface area contributed by atoms with Crippen LogP contribution in [0.5, 0.6) is 0 Å². The second kappa shape index (κ2) is 11.5. The van der Waals surface area contributed by atoms with Gasteiger partial charge in [-0.25, -0.2) is 0 Å². The Morgan fingerprint density at radius 1 is 0.818 bits per heavy atom. The predicted octanol–water partition coefficient (Wildman–Crippen LogP) is 3.91. The summed E-state index contributed by atoms with van der Waals surface area (Å²) >= 11 is -1.21. The van der Waals surface area contributed by atoms with Crippen molar-refractivity contribution in [3.8, 4) is 0 Å². The van der Waals surface area contributed by atoms with Crippen LogP contribution >= 0.6 is 0 Å².